The van der Waals surface area contributed by atoms with Crippen LogP contribution in [0.2, 0.25) is 0 Å². The minimum absolute atomic E-state index is 0.174. The molecule has 1 atom stereocenters. The highest BCUT2D eigenvalue weighted by Crippen LogP contribution is 2.35. The van der Waals surface area contributed by atoms with Gasteiger partial charge in [0.2, 0.25) is 15.9 Å². The molecule has 0 aliphatic carbocycles. The van der Waals surface area contributed by atoms with Crippen molar-refractivity contribution in [3.05, 3.63) is 59.9 Å². The van der Waals surface area contributed by atoms with E-state index in [-0.39, 0.29) is 22.6 Å². The zero-order chi connectivity index (χ0) is 24.6. The highest BCUT2D eigenvalue weighted by molar-refractivity contribution is 7.89. The summed E-state index contributed by atoms with van der Waals surface area (Å²) in [5, 5.41) is 0. The van der Waals surface area contributed by atoms with Crippen LogP contribution in [0, 0.1) is 5.82 Å². The van der Waals surface area contributed by atoms with Crippen molar-refractivity contribution in [1.29, 1.82) is 0 Å². The maximum absolute atomic E-state index is 13.6. The van der Waals surface area contributed by atoms with Crippen LogP contribution in [-0.2, 0) is 24.3 Å². The number of sulfonamides is 1. The number of benzene rings is 2. The number of anilines is 1. The van der Waals surface area contributed by atoms with Crippen LogP contribution in [0.15, 0.2) is 53.4 Å². The lowest BCUT2D eigenvalue weighted by molar-refractivity contribution is -0.122. The molecule has 3 rings (SSSR count). The Labute approximate surface area is 192 Å². The summed E-state index contributed by atoms with van der Waals surface area (Å²) in [6.45, 7) is 5.11. The molecule has 1 saturated heterocycles. The summed E-state index contributed by atoms with van der Waals surface area (Å²) in [6.07, 6.45) is 0.0145. The molecule has 8 nitrogen and oxygen atoms in total. The molecule has 1 unspecified atom stereocenters. The smallest absolute Gasteiger partial charge is 0.337 e. The Bertz CT molecular complexity index is 1180. The molecular formula is C23H25FN2O6S. The number of rotatable bonds is 7. The summed E-state index contributed by atoms with van der Waals surface area (Å²) in [4.78, 5) is 38.6. The van der Waals surface area contributed by atoms with Gasteiger partial charge in [0.05, 0.1) is 29.7 Å². The molecule has 0 aromatic heterocycles. The quantitative estimate of drug-likeness (QED) is 0.450. The number of hydrogen-bond donors (Lipinski definition) is 0. The largest absolute Gasteiger partial charge is 0.465 e. The molecule has 0 N–H and O–H groups in total. The fourth-order valence-electron chi connectivity index (χ4n) is 3.73. The lowest BCUT2D eigenvalue weighted by Gasteiger charge is -2.39. The van der Waals surface area contributed by atoms with Crippen molar-refractivity contribution in [2.75, 3.05) is 12.0 Å². The van der Waals surface area contributed by atoms with Gasteiger partial charge >= 0.3 is 5.97 Å². The van der Waals surface area contributed by atoms with Crippen molar-refractivity contribution in [2.45, 2.75) is 50.1 Å². The van der Waals surface area contributed by atoms with E-state index in [0.717, 1.165) is 33.5 Å². The van der Waals surface area contributed by atoms with E-state index in [4.69, 9.17) is 0 Å². The van der Waals surface area contributed by atoms with Crippen LogP contribution in [0.4, 0.5) is 10.1 Å². The Kier molecular flexibility index (Phi) is 6.71. The van der Waals surface area contributed by atoms with Crippen LogP contribution >= 0.6 is 0 Å². The second-order valence-electron chi connectivity index (χ2n) is 8.25. The lowest BCUT2D eigenvalue weighted by Crippen LogP contribution is -2.55. The van der Waals surface area contributed by atoms with Crippen LogP contribution < -0.4 is 4.90 Å². The van der Waals surface area contributed by atoms with Gasteiger partial charge in [0.1, 0.15) is 11.9 Å². The number of imide groups is 1. The van der Waals surface area contributed by atoms with E-state index in [1.165, 1.54) is 31.4 Å². The summed E-state index contributed by atoms with van der Waals surface area (Å²) < 4.78 is 46.2. The summed E-state index contributed by atoms with van der Waals surface area (Å²) in [5.41, 5.74) is -0.559. The average Bonchev–Trinajstić information content (AvgIpc) is 3.06. The van der Waals surface area contributed by atoms with E-state index in [1.807, 2.05) is 0 Å². The monoisotopic (exact) mass is 476 g/mol. The number of ether oxygens (including phenoxy) is 1. The molecule has 0 spiro atoms. The molecule has 33 heavy (non-hydrogen) atoms. The number of carbonyl (C=O) groups is 3. The van der Waals surface area contributed by atoms with Crippen molar-refractivity contribution in [1.82, 2.24) is 4.31 Å². The Morgan fingerprint density at radius 1 is 1.12 bits per heavy atom. The van der Waals surface area contributed by atoms with E-state index in [1.54, 1.807) is 20.8 Å². The molecule has 2 aromatic rings. The van der Waals surface area contributed by atoms with Gasteiger partial charge in [0.25, 0.3) is 5.91 Å². The predicted octanol–water partition coefficient (Wildman–Crippen LogP) is 3.12. The van der Waals surface area contributed by atoms with Crippen LogP contribution in [-0.4, -0.2) is 49.2 Å². The number of methoxy groups -OCH3 is 1. The van der Waals surface area contributed by atoms with Gasteiger partial charge in [0, 0.05) is 5.54 Å². The molecule has 1 aliphatic heterocycles. The van der Waals surface area contributed by atoms with Gasteiger partial charge in [-0.25, -0.2) is 22.5 Å². The highest BCUT2D eigenvalue weighted by atomic mass is 32.2. The summed E-state index contributed by atoms with van der Waals surface area (Å²) in [5.74, 6) is -2.43. The van der Waals surface area contributed by atoms with Crippen molar-refractivity contribution >= 4 is 33.5 Å². The SMILES string of the molecule is CCC(C)(C)N(C1CC(=O)N(c2ccc(C(=O)OC)cc2)C1=O)S(=O)(=O)c1ccc(F)cc1. The Morgan fingerprint density at radius 3 is 2.21 bits per heavy atom. The maximum atomic E-state index is 13.6. The van der Waals surface area contributed by atoms with Gasteiger partial charge < -0.3 is 4.74 Å². The van der Waals surface area contributed by atoms with Gasteiger partial charge in [-0.3, -0.25) is 9.59 Å². The van der Waals surface area contributed by atoms with E-state index in [0.29, 0.717) is 6.42 Å². The first-order valence-electron chi connectivity index (χ1n) is 10.3. The van der Waals surface area contributed by atoms with Crippen LogP contribution in [0.3, 0.4) is 0 Å². The third-order valence-electron chi connectivity index (χ3n) is 5.78. The Balaban J connectivity index is 2.02. The van der Waals surface area contributed by atoms with Crippen LogP contribution in [0.25, 0.3) is 0 Å². The van der Waals surface area contributed by atoms with Crippen LogP contribution in [0.1, 0.15) is 44.0 Å². The molecule has 1 aliphatic rings. The third-order valence-corrected chi connectivity index (χ3v) is 7.92. The minimum atomic E-state index is -4.25. The van der Waals surface area contributed by atoms with E-state index < -0.39 is 45.2 Å². The van der Waals surface area contributed by atoms with Crippen LogP contribution in [0.5, 0.6) is 0 Å². The molecule has 1 fully saturated rings. The highest BCUT2D eigenvalue weighted by Gasteiger charge is 2.51. The van der Waals surface area contributed by atoms with Gasteiger partial charge in [-0.05, 0) is 68.8 Å². The first kappa shape index (κ1) is 24.5. The zero-order valence-electron chi connectivity index (χ0n) is 18.7. The van der Waals surface area contributed by atoms with E-state index in [2.05, 4.69) is 4.74 Å². The van der Waals surface area contributed by atoms with E-state index >= 15 is 0 Å². The summed E-state index contributed by atoms with van der Waals surface area (Å²) in [6, 6.07) is 8.73. The number of carbonyl (C=O) groups excluding carboxylic acids is 3. The Hall–Kier alpha value is -3.11. The maximum Gasteiger partial charge on any atom is 0.337 e. The minimum Gasteiger partial charge on any atom is -0.465 e. The topological polar surface area (TPSA) is 101 Å². The van der Waals surface area contributed by atoms with Crippen molar-refractivity contribution in [3.63, 3.8) is 0 Å². The number of nitrogens with zero attached hydrogens (tertiary/aromatic N) is 2. The third kappa shape index (κ3) is 4.53. The first-order chi connectivity index (χ1) is 15.4. The number of esters is 1. The molecule has 0 bridgehead atoms. The molecule has 0 radical (unpaired) electrons. The molecule has 0 saturated carbocycles. The normalized spacial score (nSPS) is 17.0. The molecule has 10 heteroatoms. The zero-order valence-corrected chi connectivity index (χ0v) is 19.6. The second kappa shape index (κ2) is 9.03. The number of amides is 2. The van der Waals surface area contributed by atoms with Gasteiger partial charge in [-0.15, -0.1) is 0 Å². The fourth-order valence-corrected chi connectivity index (χ4v) is 5.71. The van der Waals surface area contributed by atoms with Crippen molar-refractivity contribution in [2.24, 2.45) is 0 Å². The van der Waals surface area contributed by atoms with E-state index in [9.17, 15) is 27.2 Å². The number of hydrogen-bond acceptors (Lipinski definition) is 6. The number of halogens is 1. The van der Waals surface area contributed by atoms with Gasteiger partial charge in [0.15, 0.2) is 0 Å². The molecule has 1 heterocycles. The predicted molar refractivity (Wildman–Crippen MR) is 118 cm³/mol. The standard InChI is InChI=1S/C23H25FN2O6S/c1-5-23(2,3)26(33(30,31)18-12-8-16(24)9-13-18)19-14-20(27)25(21(19)28)17-10-6-15(7-11-17)22(29)32-4/h6-13,19H,5,14H2,1-4H3. The summed E-state index contributed by atoms with van der Waals surface area (Å²) in [7, 11) is -3.01. The first-order valence-corrected chi connectivity index (χ1v) is 11.7. The van der Waals surface area contributed by atoms with Gasteiger partial charge in [-0.1, -0.05) is 6.92 Å². The Morgan fingerprint density at radius 2 is 1.70 bits per heavy atom. The molecule has 2 aromatic carbocycles. The molecular weight excluding hydrogens is 451 g/mol. The summed E-state index contributed by atoms with van der Waals surface area (Å²) >= 11 is 0. The lowest BCUT2D eigenvalue weighted by atomic mass is 10.00. The average molecular weight is 477 g/mol. The fraction of sp³-hybridized carbons (Fsp3) is 0.348. The van der Waals surface area contributed by atoms with Crippen molar-refractivity contribution < 1.29 is 31.9 Å². The second-order valence-corrected chi connectivity index (χ2v) is 10.1. The van der Waals surface area contributed by atoms with Crippen molar-refractivity contribution in [3.8, 4) is 0 Å². The molecule has 176 valence electrons. The van der Waals surface area contributed by atoms with Gasteiger partial charge in [-0.2, -0.15) is 4.31 Å². The molecule has 2 amide bonds.